The summed E-state index contributed by atoms with van der Waals surface area (Å²) in [6.45, 7) is 16.2. The molecule has 2 unspecified atom stereocenters. The molecule has 0 aromatic carbocycles. The molecule has 2 heteroatoms. The number of hydrogen-bond acceptors (Lipinski definition) is 2. The second-order valence-corrected chi connectivity index (χ2v) is 5.97. The lowest BCUT2D eigenvalue weighted by atomic mass is 9.87. The highest BCUT2D eigenvalue weighted by atomic mass is 15.3. The number of hydrogen-bond donors (Lipinski definition) is 1. The van der Waals surface area contributed by atoms with Gasteiger partial charge in [0, 0.05) is 30.2 Å². The van der Waals surface area contributed by atoms with Gasteiger partial charge in [0.15, 0.2) is 0 Å². The number of rotatable bonds is 3. The fraction of sp³-hybridized carbons (Fsp3) is 1.00. The Labute approximate surface area is 95.4 Å². The van der Waals surface area contributed by atoms with Crippen molar-refractivity contribution in [3.05, 3.63) is 0 Å². The van der Waals surface area contributed by atoms with Crippen molar-refractivity contribution in [1.82, 2.24) is 10.2 Å². The van der Waals surface area contributed by atoms with Gasteiger partial charge in [-0.25, -0.2) is 0 Å². The lowest BCUT2D eigenvalue weighted by molar-refractivity contribution is 0.000670. The second-order valence-electron chi connectivity index (χ2n) is 5.97. The minimum Gasteiger partial charge on any atom is -0.308 e. The maximum atomic E-state index is 3.70. The molecule has 1 fully saturated rings. The second kappa shape index (κ2) is 4.42. The van der Waals surface area contributed by atoms with E-state index in [9.17, 15) is 0 Å². The summed E-state index contributed by atoms with van der Waals surface area (Å²) in [6.07, 6.45) is 2.44. The molecule has 0 spiro atoms. The van der Waals surface area contributed by atoms with Crippen LogP contribution in [0, 0.1) is 0 Å². The van der Waals surface area contributed by atoms with Crippen LogP contribution in [0.15, 0.2) is 0 Å². The van der Waals surface area contributed by atoms with E-state index < -0.39 is 0 Å². The van der Waals surface area contributed by atoms with E-state index in [4.69, 9.17) is 0 Å². The molecule has 2 nitrogen and oxygen atoms in total. The predicted octanol–water partition coefficient (Wildman–Crippen LogP) is 2.64. The third kappa shape index (κ3) is 2.73. The van der Waals surface area contributed by atoms with Gasteiger partial charge in [0.25, 0.3) is 0 Å². The average Bonchev–Trinajstić information content (AvgIpc) is 2.21. The fourth-order valence-electron chi connectivity index (χ4n) is 2.39. The first-order valence-electron chi connectivity index (χ1n) is 6.36. The summed E-state index contributed by atoms with van der Waals surface area (Å²) in [5, 5.41) is 3.70. The summed E-state index contributed by atoms with van der Waals surface area (Å²) in [5.41, 5.74) is 0.600. The van der Waals surface area contributed by atoms with E-state index in [0.717, 1.165) is 6.54 Å². The highest BCUT2D eigenvalue weighted by Crippen LogP contribution is 2.28. The van der Waals surface area contributed by atoms with Crippen LogP contribution in [0.25, 0.3) is 0 Å². The normalized spacial score (nSPS) is 34.0. The molecule has 0 aromatic heterocycles. The van der Waals surface area contributed by atoms with Crippen LogP contribution < -0.4 is 5.32 Å². The predicted molar refractivity (Wildman–Crippen MR) is 67.2 cm³/mol. The van der Waals surface area contributed by atoms with E-state index in [1.807, 2.05) is 0 Å². The molecular formula is C13H28N2. The van der Waals surface area contributed by atoms with Gasteiger partial charge in [-0.2, -0.15) is 0 Å². The molecule has 1 rings (SSSR count). The first kappa shape index (κ1) is 13.0. The summed E-state index contributed by atoms with van der Waals surface area (Å²) in [4.78, 5) is 2.67. The minimum absolute atomic E-state index is 0.296. The van der Waals surface area contributed by atoms with Crippen LogP contribution >= 0.6 is 0 Å². The van der Waals surface area contributed by atoms with Crippen LogP contribution in [0.4, 0.5) is 0 Å². The first-order chi connectivity index (χ1) is 6.84. The summed E-state index contributed by atoms with van der Waals surface area (Å²) in [7, 11) is 0. The maximum Gasteiger partial charge on any atom is 0.0281 e. The third-order valence-corrected chi connectivity index (χ3v) is 4.15. The van der Waals surface area contributed by atoms with Crippen LogP contribution in [0.2, 0.25) is 0 Å². The van der Waals surface area contributed by atoms with Crippen LogP contribution in [0.1, 0.15) is 54.4 Å². The molecule has 15 heavy (non-hydrogen) atoms. The van der Waals surface area contributed by atoms with Crippen molar-refractivity contribution in [2.75, 3.05) is 13.1 Å². The molecule has 0 aromatic rings. The van der Waals surface area contributed by atoms with Crippen molar-refractivity contribution in [2.45, 2.75) is 71.5 Å². The Kier molecular flexibility index (Phi) is 3.83. The zero-order chi connectivity index (χ0) is 11.7. The molecule has 2 atom stereocenters. The van der Waals surface area contributed by atoms with Crippen LogP contribution in [0.5, 0.6) is 0 Å². The minimum atomic E-state index is 0.296. The van der Waals surface area contributed by atoms with Gasteiger partial charge in [-0.05, 0) is 40.5 Å². The van der Waals surface area contributed by atoms with Crippen molar-refractivity contribution in [2.24, 2.45) is 0 Å². The van der Waals surface area contributed by atoms with Crippen molar-refractivity contribution in [1.29, 1.82) is 0 Å². The molecule has 0 amide bonds. The highest BCUT2D eigenvalue weighted by molar-refractivity contribution is 5.00. The molecule has 0 saturated carbocycles. The standard InChI is InChI=1S/C13H28N2/c1-7-11(3)15-10-13(6,8-2)14-9-12(15,4)5/h11,14H,7-10H2,1-6H3. The number of piperazine rings is 1. The van der Waals surface area contributed by atoms with Gasteiger partial charge in [-0.15, -0.1) is 0 Å². The Bertz CT molecular complexity index is 213. The Hall–Kier alpha value is -0.0800. The lowest BCUT2D eigenvalue weighted by Gasteiger charge is -2.53. The van der Waals surface area contributed by atoms with Gasteiger partial charge in [-0.3, -0.25) is 4.90 Å². The molecule has 0 bridgehead atoms. The zero-order valence-corrected chi connectivity index (χ0v) is 11.4. The van der Waals surface area contributed by atoms with Gasteiger partial charge in [0.05, 0.1) is 0 Å². The van der Waals surface area contributed by atoms with E-state index in [0.29, 0.717) is 17.1 Å². The van der Waals surface area contributed by atoms with Gasteiger partial charge in [0.1, 0.15) is 0 Å². The van der Waals surface area contributed by atoms with Gasteiger partial charge in [-0.1, -0.05) is 13.8 Å². The summed E-state index contributed by atoms with van der Waals surface area (Å²) < 4.78 is 0. The SMILES string of the molecule is CCC(C)N1CC(C)(CC)NCC1(C)C. The van der Waals surface area contributed by atoms with E-state index in [1.54, 1.807) is 0 Å². The molecule has 1 N–H and O–H groups in total. The third-order valence-electron chi connectivity index (χ3n) is 4.15. The largest absolute Gasteiger partial charge is 0.308 e. The summed E-state index contributed by atoms with van der Waals surface area (Å²) in [5.74, 6) is 0. The van der Waals surface area contributed by atoms with E-state index in [2.05, 4.69) is 51.8 Å². The zero-order valence-electron chi connectivity index (χ0n) is 11.4. The molecular weight excluding hydrogens is 184 g/mol. The smallest absolute Gasteiger partial charge is 0.0281 e. The molecule has 1 aliphatic heterocycles. The molecule has 1 aliphatic rings. The van der Waals surface area contributed by atoms with E-state index in [1.165, 1.54) is 19.4 Å². The maximum absolute atomic E-state index is 3.70. The summed E-state index contributed by atoms with van der Waals surface area (Å²) >= 11 is 0. The molecule has 0 aliphatic carbocycles. The van der Waals surface area contributed by atoms with Crippen molar-refractivity contribution < 1.29 is 0 Å². The van der Waals surface area contributed by atoms with E-state index >= 15 is 0 Å². The molecule has 1 heterocycles. The Morgan fingerprint density at radius 2 is 1.87 bits per heavy atom. The van der Waals surface area contributed by atoms with Gasteiger partial charge < -0.3 is 5.32 Å². The van der Waals surface area contributed by atoms with E-state index in [-0.39, 0.29) is 0 Å². The summed E-state index contributed by atoms with van der Waals surface area (Å²) in [6, 6.07) is 0.688. The fourth-order valence-corrected chi connectivity index (χ4v) is 2.39. The highest BCUT2D eigenvalue weighted by Gasteiger charge is 2.40. The molecule has 90 valence electrons. The number of nitrogens with zero attached hydrogens (tertiary/aromatic N) is 1. The van der Waals surface area contributed by atoms with Crippen molar-refractivity contribution in [3.8, 4) is 0 Å². The van der Waals surface area contributed by atoms with Crippen LogP contribution in [0.3, 0.4) is 0 Å². The Morgan fingerprint density at radius 1 is 1.27 bits per heavy atom. The monoisotopic (exact) mass is 212 g/mol. The topological polar surface area (TPSA) is 15.3 Å². The average molecular weight is 212 g/mol. The first-order valence-corrected chi connectivity index (χ1v) is 6.36. The Morgan fingerprint density at radius 3 is 2.33 bits per heavy atom. The Balaban J connectivity index is 2.79. The van der Waals surface area contributed by atoms with Crippen molar-refractivity contribution >= 4 is 0 Å². The molecule has 1 saturated heterocycles. The molecule has 0 radical (unpaired) electrons. The quantitative estimate of drug-likeness (QED) is 0.773. The van der Waals surface area contributed by atoms with Crippen molar-refractivity contribution in [3.63, 3.8) is 0 Å². The number of nitrogens with one attached hydrogen (secondary N) is 1. The van der Waals surface area contributed by atoms with Crippen LogP contribution in [-0.4, -0.2) is 35.1 Å². The van der Waals surface area contributed by atoms with Gasteiger partial charge in [0.2, 0.25) is 0 Å². The van der Waals surface area contributed by atoms with Gasteiger partial charge >= 0.3 is 0 Å². The van der Waals surface area contributed by atoms with Crippen LogP contribution in [-0.2, 0) is 0 Å². The lowest BCUT2D eigenvalue weighted by Crippen LogP contribution is -2.68.